The molecule has 174 valence electrons. The highest BCUT2D eigenvalue weighted by Gasteiger charge is 2.23. The molecule has 3 aromatic rings. The number of nitro benzene ring substituents is 1. The van der Waals surface area contributed by atoms with Crippen molar-refractivity contribution in [3.63, 3.8) is 0 Å². The summed E-state index contributed by atoms with van der Waals surface area (Å²) in [5, 5.41) is 14.5. The molecule has 0 unspecified atom stereocenters. The fraction of sp³-hybridized carbons (Fsp3) is 0.409. The van der Waals surface area contributed by atoms with Gasteiger partial charge in [-0.15, -0.1) is 11.3 Å². The van der Waals surface area contributed by atoms with E-state index in [4.69, 9.17) is 9.72 Å². The molecule has 11 heteroatoms. The highest BCUT2D eigenvalue weighted by Crippen LogP contribution is 2.29. The predicted molar refractivity (Wildman–Crippen MR) is 126 cm³/mol. The van der Waals surface area contributed by atoms with E-state index in [2.05, 4.69) is 10.2 Å². The maximum atomic E-state index is 13.4. The predicted octanol–water partition coefficient (Wildman–Crippen LogP) is 3.23. The van der Waals surface area contributed by atoms with E-state index >= 15 is 0 Å². The molecule has 1 amide bonds. The lowest BCUT2D eigenvalue weighted by Crippen LogP contribution is -2.33. The molecule has 1 fully saturated rings. The standard InChI is InChI=1S/C22H25N5O5S/c1-13-14(2)33-21-20(13)22(29)26(18(24-21)11-25-8-4-5-9-25)12-19(28)23-16-7-6-15(32-3)10-17(16)27(30)31/h6-7,10H,4-5,8-9,11-12H2,1-3H3,(H,23,28). The summed E-state index contributed by atoms with van der Waals surface area (Å²) in [4.78, 5) is 45.8. The summed E-state index contributed by atoms with van der Waals surface area (Å²) < 4.78 is 6.43. The Morgan fingerprint density at radius 2 is 2.03 bits per heavy atom. The number of methoxy groups -OCH3 is 1. The molecule has 10 nitrogen and oxygen atoms in total. The second-order valence-electron chi connectivity index (χ2n) is 8.05. The van der Waals surface area contributed by atoms with Gasteiger partial charge in [0.15, 0.2) is 0 Å². The topological polar surface area (TPSA) is 120 Å². The number of rotatable bonds is 7. The van der Waals surface area contributed by atoms with E-state index in [1.165, 1.54) is 41.2 Å². The number of carbonyl (C=O) groups is 1. The molecule has 4 rings (SSSR count). The monoisotopic (exact) mass is 471 g/mol. The van der Waals surface area contributed by atoms with Crippen LogP contribution in [0.25, 0.3) is 10.2 Å². The van der Waals surface area contributed by atoms with Crippen molar-refractivity contribution in [2.24, 2.45) is 0 Å². The quantitative estimate of drug-likeness (QED) is 0.415. The van der Waals surface area contributed by atoms with Crippen LogP contribution in [0, 0.1) is 24.0 Å². The molecule has 1 N–H and O–H groups in total. The second kappa shape index (κ2) is 9.28. The molecule has 0 aliphatic carbocycles. The zero-order valence-corrected chi connectivity index (χ0v) is 19.5. The first-order valence-electron chi connectivity index (χ1n) is 10.6. The number of aromatic nitrogens is 2. The number of thiophene rings is 1. The van der Waals surface area contributed by atoms with Gasteiger partial charge >= 0.3 is 0 Å². The lowest BCUT2D eigenvalue weighted by molar-refractivity contribution is -0.384. The van der Waals surface area contributed by atoms with Gasteiger partial charge in [-0.25, -0.2) is 4.98 Å². The number of aryl methyl sites for hydroxylation is 2. The van der Waals surface area contributed by atoms with E-state index in [-0.39, 0.29) is 23.5 Å². The van der Waals surface area contributed by atoms with Crippen molar-refractivity contribution in [2.75, 3.05) is 25.5 Å². The summed E-state index contributed by atoms with van der Waals surface area (Å²) in [5.41, 5.74) is 0.345. The minimum absolute atomic E-state index is 0.0385. The molecule has 33 heavy (non-hydrogen) atoms. The third kappa shape index (κ3) is 4.60. The molecule has 2 aromatic heterocycles. The van der Waals surface area contributed by atoms with Crippen LogP contribution in [0.15, 0.2) is 23.0 Å². The number of carbonyl (C=O) groups excluding carboxylic acids is 1. The average Bonchev–Trinajstić information content (AvgIpc) is 3.38. The molecule has 1 aliphatic heterocycles. The molecule has 0 atom stereocenters. The molecular weight excluding hydrogens is 446 g/mol. The average molecular weight is 472 g/mol. The summed E-state index contributed by atoms with van der Waals surface area (Å²) in [6, 6.07) is 4.18. The van der Waals surface area contributed by atoms with Crippen LogP contribution in [-0.4, -0.2) is 45.5 Å². The smallest absolute Gasteiger partial charge is 0.296 e. The van der Waals surface area contributed by atoms with Crippen molar-refractivity contribution >= 4 is 38.8 Å². The van der Waals surface area contributed by atoms with Crippen molar-refractivity contribution in [2.45, 2.75) is 39.8 Å². The van der Waals surface area contributed by atoms with Gasteiger partial charge < -0.3 is 10.1 Å². The fourth-order valence-corrected chi connectivity index (χ4v) is 5.06. The highest BCUT2D eigenvalue weighted by molar-refractivity contribution is 7.18. The maximum Gasteiger partial charge on any atom is 0.296 e. The Kier molecular flexibility index (Phi) is 6.43. The summed E-state index contributed by atoms with van der Waals surface area (Å²) in [6.07, 6.45) is 2.18. The third-order valence-corrected chi connectivity index (χ3v) is 7.01. The van der Waals surface area contributed by atoms with Gasteiger partial charge in [0.1, 0.15) is 28.6 Å². The summed E-state index contributed by atoms with van der Waals surface area (Å²) >= 11 is 1.47. The Morgan fingerprint density at radius 3 is 2.70 bits per heavy atom. The summed E-state index contributed by atoms with van der Waals surface area (Å²) in [5.74, 6) is 0.288. The van der Waals surface area contributed by atoms with Crippen LogP contribution in [0.5, 0.6) is 5.75 Å². The lowest BCUT2D eigenvalue weighted by Gasteiger charge is -2.18. The number of fused-ring (bicyclic) bond motifs is 1. The summed E-state index contributed by atoms with van der Waals surface area (Å²) in [7, 11) is 1.41. The number of amides is 1. The molecule has 0 spiro atoms. The van der Waals surface area contributed by atoms with Crippen LogP contribution in [0.2, 0.25) is 0 Å². The minimum Gasteiger partial charge on any atom is -0.496 e. The molecule has 0 radical (unpaired) electrons. The van der Waals surface area contributed by atoms with Crippen LogP contribution >= 0.6 is 11.3 Å². The molecule has 3 heterocycles. The van der Waals surface area contributed by atoms with E-state index in [0.29, 0.717) is 28.3 Å². The maximum absolute atomic E-state index is 13.4. The molecular formula is C22H25N5O5S. The molecule has 0 saturated carbocycles. The van der Waals surface area contributed by atoms with Crippen molar-refractivity contribution in [1.29, 1.82) is 0 Å². The van der Waals surface area contributed by atoms with Crippen molar-refractivity contribution < 1.29 is 14.5 Å². The van der Waals surface area contributed by atoms with Crippen LogP contribution in [0.4, 0.5) is 11.4 Å². The van der Waals surface area contributed by atoms with E-state index in [1.54, 1.807) is 0 Å². The Labute approximate surface area is 194 Å². The number of likely N-dealkylation sites (tertiary alicyclic amines) is 1. The van der Waals surface area contributed by atoms with Crippen LogP contribution in [0.3, 0.4) is 0 Å². The summed E-state index contributed by atoms with van der Waals surface area (Å²) in [6.45, 7) is 5.84. The first-order valence-corrected chi connectivity index (χ1v) is 11.4. The van der Waals surface area contributed by atoms with E-state index in [1.807, 2.05) is 13.8 Å². The van der Waals surface area contributed by atoms with Crippen molar-refractivity contribution in [3.8, 4) is 5.75 Å². The second-order valence-corrected chi connectivity index (χ2v) is 9.26. The number of benzene rings is 1. The number of nitrogens with one attached hydrogen (secondary N) is 1. The highest BCUT2D eigenvalue weighted by atomic mass is 32.1. The first kappa shape index (κ1) is 22.9. The van der Waals surface area contributed by atoms with Gasteiger partial charge in [-0.05, 0) is 57.5 Å². The lowest BCUT2D eigenvalue weighted by atomic mass is 10.2. The Hall–Kier alpha value is -3.31. The normalized spacial score (nSPS) is 14.0. The number of nitro groups is 1. The van der Waals surface area contributed by atoms with Gasteiger partial charge in [0, 0.05) is 4.88 Å². The Bertz CT molecular complexity index is 1290. The van der Waals surface area contributed by atoms with Gasteiger partial charge in [-0.3, -0.25) is 29.2 Å². The number of nitrogens with zero attached hydrogens (tertiary/aromatic N) is 4. The van der Waals surface area contributed by atoms with E-state index in [9.17, 15) is 19.7 Å². The number of hydrogen-bond donors (Lipinski definition) is 1. The van der Waals surface area contributed by atoms with Crippen molar-refractivity contribution in [1.82, 2.24) is 14.5 Å². The number of ether oxygens (including phenoxy) is 1. The first-order chi connectivity index (χ1) is 15.8. The fourth-order valence-electron chi connectivity index (χ4n) is 4.02. The van der Waals surface area contributed by atoms with Crippen molar-refractivity contribution in [3.05, 3.63) is 54.9 Å². The Morgan fingerprint density at radius 1 is 1.30 bits per heavy atom. The minimum atomic E-state index is -0.589. The van der Waals surface area contributed by atoms with Crippen LogP contribution < -0.4 is 15.6 Å². The molecule has 0 bridgehead atoms. The molecule has 1 saturated heterocycles. The third-order valence-electron chi connectivity index (χ3n) is 5.91. The largest absolute Gasteiger partial charge is 0.496 e. The van der Waals surface area contributed by atoms with Gasteiger partial charge in [0.2, 0.25) is 5.91 Å². The van der Waals surface area contributed by atoms with Gasteiger partial charge in [0.25, 0.3) is 11.2 Å². The van der Waals surface area contributed by atoms with Gasteiger partial charge in [-0.2, -0.15) is 0 Å². The number of hydrogen-bond acceptors (Lipinski definition) is 8. The van der Waals surface area contributed by atoms with E-state index in [0.717, 1.165) is 36.4 Å². The SMILES string of the molecule is COc1ccc(NC(=O)Cn2c(CN3CCCC3)nc3sc(C)c(C)c3c2=O)c([N+](=O)[O-])c1. The number of anilines is 1. The van der Waals surface area contributed by atoms with Crippen LogP contribution in [0.1, 0.15) is 29.1 Å². The molecule has 1 aromatic carbocycles. The van der Waals surface area contributed by atoms with E-state index < -0.39 is 10.8 Å². The van der Waals surface area contributed by atoms with Gasteiger partial charge in [-0.1, -0.05) is 0 Å². The Balaban J connectivity index is 1.69. The zero-order valence-electron chi connectivity index (χ0n) is 18.7. The van der Waals surface area contributed by atoms with Crippen LogP contribution in [-0.2, 0) is 17.9 Å². The van der Waals surface area contributed by atoms with Gasteiger partial charge in [0.05, 0.1) is 30.0 Å². The molecule has 1 aliphatic rings. The zero-order chi connectivity index (χ0) is 23.7.